The maximum atomic E-state index is 10.8. The molecule has 4 aromatic carbocycles. The second-order valence-electron chi connectivity index (χ2n) is 6.74. The lowest BCUT2D eigenvalue weighted by Crippen LogP contribution is -1.99. The van der Waals surface area contributed by atoms with Gasteiger partial charge in [0.05, 0.1) is 0 Å². The Kier molecular flexibility index (Phi) is 3.77. The number of hydrogen-bond donors (Lipinski definition) is 1. The molecule has 0 radical (unpaired) electrons. The summed E-state index contributed by atoms with van der Waals surface area (Å²) in [5.74, 6) is 0. The second kappa shape index (κ2) is 6.42. The van der Waals surface area contributed by atoms with Crippen molar-refractivity contribution in [2.24, 2.45) is 0 Å². The highest BCUT2D eigenvalue weighted by Gasteiger charge is 2.14. The van der Waals surface area contributed by atoms with Gasteiger partial charge in [0.1, 0.15) is 17.3 Å². The highest BCUT2D eigenvalue weighted by atomic mass is 16.3. The first kappa shape index (κ1) is 15.9. The van der Waals surface area contributed by atoms with E-state index in [4.69, 9.17) is 4.42 Å². The Hall–Kier alpha value is -3.36. The molecule has 0 aliphatic carbocycles. The van der Waals surface area contributed by atoms with Gasteiger partial charge >= 0.3 is 0 Å². The van der Waals surface area contributed by atoms with Crippen molar-refractivity contribution < 1.29 is 9.52 Å². The SMILES string of the molecule is O[C@@H](c1ccc(-c2ccccc2)cc1)c1ccc2c(c1)oc1ccccc12. The smallest absolute Gasteiger partial charge is 0.135 e. The fourth-order valence-electron chi connectivity index (χ4n) is 3.59. The van der Waals surface area contributed by atoms with Crippen LogP contribution in [0.4, 0.5) is 0 Å². The lowest BCUT2D eigenvalue weighted by molar-refractivity contribution is 0.220. The highest BCUT2D eigenvalue weighted by molar-refractivity contribution is 6.04. The van der Waals surface area contributed by atoms with Crippen LogP contribution in [-0.4, -0.2) is 5.11 Å². The molecule has 0 aliphatic heterocycles. The van der Waals surface area contributed by atoms with Gasteiger partial charge in [-0.15, -0.1) is 0 Å². The van der Waals surface area contributed by atoms with E-state index in [0.717, 1.165) is 38.6 Å². The third-order valence-electron chi connectivity index (χ3n) is 5.05. The van der Waals surface area contributed by atoms with Crippen molar-refractivity contribution in [3.05, 3.63) is 108 Å². The van der Waals surface area contributed by atoms with Crippen LogP contribution in [0, 0.1) is 0 Å². The zero-order valence-electron chi connectivity index (χ0n) is 14.7. The Labute approximate surface area is 157 Å². The van der Waals surface area contributed by atoms with Crippen LogP contribution >= 0.6 is 0 Å². The maximum Gasteiger partial charge on any atom is 0.135 e. The Morgan fingerprint density at radius 2 is 1.19 bits per heavy atom. The Morgan fingerprint density at radius 1 is 0.556 bits per heavy atom. The van der Waals surface area contributed by atoms with Crippen molar-refractivity contribution >= 4 is 21.9 Å². The number of para-hydroxylation sites is 1. The van der Waals surface area contributed by atoms with Gasteiger partial charge in [0, 0.05) is 10.8 Å². The van der Waals surface area contributed by atoms with Crippen LogP contribution < -0.4 is 0 Å². The number of aliphatic hydroxyl groups is 1. The lowest BCUT2D eigenvalue weighted by Gasteiger charge is -2.12. The van der Waals surface area contributed by atoms with Gasteiger partial charge in [0.25, 0.3) is 0 Å². The maximum absolute atomic E-state index is 10.8. The number of aliphatic hydroxyl groups excluding tert-OH is 1. The molecule has 2 heteroatoms. The molecule has 0 unspecified atom stereocenters. The molecular formula is C25H18O2. The highest BCUT2D eigenvalue weighted by Crippen LogP contribution is 2.32. The van der Waals surface area contributed by atoms with E-state index in [0.29, 0.717) is 0 Å². The number of rotatable bonds is 3. The summed E-state index contributed by atoms with van der Waals surface area (Å²) in [5.41, 5.74) is 5.67. The largest absolute Gasteiger partial charge is 0.456 e. The minimum absolute atomic E-state index is 0.688. The zero-order chi connectivity index (χ0) is 18.2. The Balaban J connectivity index is 1.49. The van der Waals surface area contributed by atoms with Crippen molar-refractivity contribution in [1.82, 2.24) is 0 Å². The topological polar surface area (TPSA) is 33.4 Å². The first-order chi connectivity index (χ1) is 13.3. The van der Waals surface area contributed by atoms with Crippen LogP contribution in [0.25, 0.3) is 33.1 Å². The second-order valence-corrected chi connectivity index (χ2v) is 6.74. The molecule has 1 N–H and O–H groups in total. The third kappa shape index (κ3) is 2.80. The molecule has 27 heavy (non-hydrogen) atoms. The molecule has 1 aromatic heterocycles. The molecule has 0 bridgehead atoms. The van der Waals surface area contributed by atoms with Crippen LogP contribution in [0.3, 0.4) is 0 Å². The van der Waals surface area contributed by atoms with E-state index < -0.39 is 6.10 Å². The summed E-state index contributed by atoms with van der Waals surface area (Å²) in [6.07, 6.45) is -0.688. The molecule has 0 fully saturated rings. The van der Waals surface area contributed by atoms with Gasteiger partial charge < -0.3 is 9.52 Å². The van der Waals surface area contributed by atoms with Crippen LogP contribution in [0.2, 0.25) is 0 Å². The fraction of sp³-hybridized carbons (Fsp3) is 0.0400. The number of hydrogen-bond acceptors (Lipinski definition) is 2. The van der Waals surface area contributed by atoms with Gasteiger partial charge in [-0.2, -0.15) is 0 Å². The fourth-order valence-corrected chi connectivity index (χ4v) is 3.59. The van der Waals surface area contributed by atoms with Gasteiger partial charge in [-0.25, -0.2) is 0 Å². The lowest BCUT2D eigenvalue weighted by atomic mass is 9.97. The van der Waals surface area contributed by atoms with E-state index in [2.05, 4.69) is 18.2 Å². The Bertz CT molecular complexity index is 1220. The molecule has 1 atom stereocenters. The molecule has 2 nitrogen and oxygen atoms in total. The van der Waals surface area contributed by atoms with Gasteiger partial charge in [0.2, 0.25) is 0 Å². The van der Waals surface area contributed by atoms with Crippen molar-refractivity contribution in [2.75, 3.05) is 0 Å². The molecule has 0 saturated carbocycles. The monoisotopic (exact) mass is 350 g/mol. The van der Waals surface area contributed by atoms with E-state index in [-0.39, 0.29) is 0 Å². The molecule has 0 saturated heterocycles. The summed E-state index contributed by atoms with van der Waals surface area (Å²) in [4.78, 5) is 0. The van der Waals surface area contributed by atoms with E-state index >= 15 is 0 Å². The molecule has 0 amide bonds. The molecule has 5 rings (SSSR count). The first-order valence-electron chi connectivity index (χ1n) is 9.04. The molecular weight excluding hydrogens is 332 g/mol. The summed E-state index contributed by atoms with van der Waals surface area (Å²) in [6.45, 7) is 0. The summed E-state index contributed by atoms with van der Waals surface area (Å²) >= 11 is 0. The average molecular weight is 350 g/mol. The van der Waals surface area contributed by atoms with Gasteiger partial charge in [-0.3, -0.25) is 0 Å². The quantitative estimate of drug-likeness (QED) is 0.412. The summed E-state index contributed by atoms with van der Waals surface area (Å²) in [7, 11) is 0. The van der Waals surface area contributed by atoms with Gasteiger partial charge in [-0.05, 0) is 34.4 Å². The van der Waals surface area contributed by atoms with Gasteiger partial charge in [-0.1, -0.05) is 84.9 Å². The molecule has 0 spiro atoms. The molecule has 5 aromatic rings. The van der Waals surface area contributed by atoms with E-state index in [1.54, 1.807) is 0 Å². The standard InChI is InChI=1S/C25H18O2/c26-25(19-12-10-18(11-13-19)17-6-2-1-3-7-17)20-14-15-22-21-8-4-5-9-23(21)27-24(22)16-20/h1-16,25-26H/t25-/m0/s1. The van der Waals surface area contributed by atoms with E-state index in [9.17, 15) is 5.11 Å². The number of fused-ring (bicyclic) bond motifs is 3. The third-order valence-corrected chi connectivity index (χ3v) is 5.05. The van der Waals surface area contributed by atoms with Crippen LogP contribution in [-0.2, 0) is 0 Å². The summed E-state index contributed by atoms with van der Waals surface area (Å²) in [5, 5.41) is 13.0. The minimum Gasteiger partial charge on any atom is -0.456 e. The molecule has 130 valence electrons. The normalized spacial score (nSPS) is 12.5. The van der Waals surface area contributed by atoms with Gasteiger partial charge in [0.15, 0.2) is 0 Å². The van der Waals surface area contributed by atoms with E-state index in [1.807, 2.05) is 78.9 Å². The van der Waals surface area contributed by atoms with Crippen LogP contribution in [0.1, 0.15) is 17.2 Å². The molecule has 0 aliphatic rings. The van der Waals surface area contributed by atoms with Crippen molar-refractivity contribution in [2.45, 2.75) is 6.10 Å². The predicted molar refractivity (Wildman–Crippen MR) is 110 cm³/mol. The number of benzene rings is 4. The van der Waals surface area contributed by atoms with Crippen LogP contribution in [0.15, 0.2) is 101 Å². The van der Waals surface area contributed by atoms with Crippen molar-refractivity contribution in [3.8, 4) is 11.1 Å². The minimum atomic E-state index is -0.688. The summed E-state index contributed by atoms with van der Waals surface area (Å²) in [6, 6.07) is 32.2. The zero-order valence-corrected chi connectivity index (χ0v) is 14.7. The van der Waals surface area contributed by atoms with Crippen LogP contribution in [0.5, 0.6) is 0 Å². The Morgan fingerprint density at radius 3 is 2.00 bits per heavy atom. The van der Waals surface area contributed by atoms with Crippen molar-refractivity contribution in [3.63, 3.8) is 0 Å². The van der Waals surface area contributed by atoms with E-state index in [1.165, 1.54) is 5.56 Å². The summed E-state index contributed by atoms with van der Waals surface area (Å²) < 4.78 is 5.94. The molecule has 1 heterocycles. The average Bonchev–Trinajstić information content (AvgIpc) is 3.12. The predicted octanol–water partition coefficient (Wildman–Crippen LogP) is 6.33. The first-order valence-corrected chi connectivity index (χ1v) is 9.04. The number of furan rings is 1. The van der Waals surface area contributed by atoms with Crippen molar-refractivity contribution in [1.29, 1.82) is 0 Å².